The maximum Gasteiger partial charge on any atom is 0.238 e. The molecule has 6 nitrogen and oxygen atoms in total. The Morgan fingerprint density at radius 3 is 2.33 bits per heavy atom. The molecule has 0 saturated carbocycles. The number of anilines is 1. The van der Waals surface area contributed by atoms with Crippen molar-refractivity contribution < 1.29 is 19.1 Å². The Bertz CT molecular complexity index is 1780. The second-order valence-electron chi connectivity index (χ2n) is 11.2. The zero-order valence-electron chi connectivity index (χ0n) is 23.5. The fourth-order valence-electron chi connectivity index (χ4n) is 7.07. The number of nitrogens with zero attached hydrogens (tertiary/aromatic N) is 1. The zero-order chi connectivity index (χ0) is 29.7. The Morgan fingerprint density at radius 1 is 0.884 bits per heavy atom. The van der Waals surface area contributed by atoms with Crippen LogP contribution in [0.1, 0.15) is 56.8 Å². The topological polar surface area (TPSA) is 75.7 Å². The summed E-state index contributed by atoms with van der Waals surface area (Å²) in [5.41, 5.74) is 2.67. The van der Waals surface area contributed by atoms with E-state index in [2.05, 4.69) is 5.32 Å². The van der Waals surface area contributed by atoms with Gasteiger partial charge in [-0.1, -0.05) is 61.0 Å². The molecule has 214 valence electrons. The molecule has 4 aromatic carbocycles. The van der Waals surface area contributed by atoms with E-state index in [0.717, 1.165) is 17.5 Å². The van der Waals surface area contributed by atoms with Crippen LogP contribution in [0.4, 0.5) is 5.69 Å². The van der Waals surface area contributed by atoms with Crippen molar-refractivity contribution >= 4 is 40.8 Å². The van der Waals surface area contributed by atoms with E-state index in [0.29, 0.717) is 39.8 Å². The van der Waals surface area contributed by atoms with Crippen LogP contribution in [0.2, 0.25) is 5.02 Å². The van der Waals surface area contributed by atoms with Gasteiger partial charge in [-0.15, -0.1) is 0 Å². The predicted octanol–water partition coefficient (Wildman–Crippen LogP) is 7.11. The number of ketones is 2. The summed E-state index contributed by atoms with van der Waals surface area (Å²) >= 11 is 6.17. The molecule has 1 N–H and O–H groups in total. The summed E-state index contributed by atoms with van der Waals surface area (Å²) in [5.74, 6) is -1.20. The first kappa shape index (κ1) is 27.2. The van der Waals surface area contributed by atoms with Gasteiger partial charge in [0.15, 0.2) is 11.6 Å². The Labute approximate surface area is 254 Å². The van der Waals surface area contributed by atoms with E-state index in [1.165, 1.54) is 0 Å². The molecule has 0 aromatic heterocycles. The summed E-state index contributed by atoms with van der Waals surface area (Å²) in [6.45, 7) is 2.59. The quantitative estimate of drug-likeness (QED) is 0.233. The Kier molecular flexibility index (Phi) is 6.66. The number of amides is 1. The molecule has 1 spiro atoms. The molecule has 1 saturated heterocycles. The van der Waals surface area contributed by atoms with Gasteiger partial charge in [0.2, 0.25) is 5.91 Å². The molecule has 0 bridgehead atoms. The minimum atomic E-state index is -1.38. The Balaban J connectivity index is 1.47. The van der Waals surface area contributed by atoms with Crippen LogP contribution in [-0.4, -0.2) is 35.0 Å². The molecule has 4 aromatic rings. The third kappa shape index (κ3) is 4.12. The molecule has 3 heterocycles. The number of hydrogen-bond acceptors (Lipinski definition) is 5. The normalized spacial score (nSPS) is 23.0. The van der Waals surface area contributed by atoms with Crippen molar-refractivity contribution in [3.63, 3.8) is 0 Å². The number of hydrogen-bond donors (Lipinski definition) is 1. The van der Waals surface area contributed by atoms with E-state index in [1.807, 2.05) is 72.6 Å². The van der Waals surface area contributed by atoms with Gasteiger partial charge in [0.1, 0.15) is 17.2 Å². The second-order valence-corrected chi connectivity index (χ2v) is 11.6. The fourth-order valence-corrected chi connectivity index (χ4v) is 7.19. The van der Waals surface area contributed by atoms with Gasteiger partial charge in [0, 0.05) is 28.0 Å². The van der Waals surface area contributed by atoms with E-state index in [1.54, 1.807) is 48.5 Å². The van der Waals surface area contributed by atoms with Gasteiger partial charge < -0.3 is 15.0 Å². The van der Waals surface area contributed by atoms with E-state index < -0.39 is 23.4 Å². The smallest absolute Gasteiger partial charge is 0.238 e. The van der Waals surface area contributed by atoms with Gasteiger partial charge in [-0.05, 0) is 83.8 Å². The number of carbonyl (C=O) groups excluding carboxylic acids is 3. The third-order valence-electron chi connectivity index (χ3n) is 8.86. The average Bonchev–Trinajstić information content (AvgIpc) is 3.52. The van der Waals surface area contributed by atoms with E-state index >= 15 is 0 Å². The first-order valence-corrected chi connectivity index (χ1v) is 14.8. The lowest BCUT2D eigenvalue weighted by atomic mass is 9.62. The molecular weight excluding hydrogens is 560 g/mol. The van der Waals surface area contributed by atoms with E-state index in [4.69, 9.17) is 16.3 Å². The van der Waals surface area contributed by atoms with Crippen molar-refractivity contribution in [1.82, 2.24) is 4.90 Å². The predicted molar refractivity (Wildman–Crippen MR) is 166 cm³/mol. The highest BCUT2D eigenvalue weighted by Crippen LogP contribution is 2.62. The highest BCUT2D eigenvalue weighted by atomic mass is 35.5. The average molecular weight is 589 g/mol. The minimum absolute atomic E-state index is 0.249. The second kappa shape index (κ2) is 10.5. The monoisotopic (exact) mass is 588 g/mol. The molecule has 0 unspecified atom stereocenters. The zero-order valence-corrected chi connectivity index (χ0v) is 24.3. The number of nitrogens with one attached hydrogen (secondary N) is 1. The molecule has 1 amide bonds. The highest BCUT2D eigenvalue weighted by Gasteiger charge is 2.70. The largest absolute Gasteiger partial charge is 0.494 e. The van der Waals surface area contributed by atoms with Crippen LogP contribution in [0.5, 0.6) is 5.75 Å². The first-order valence-electron chi connectivity index (χ1n) is 14.5. The molecule has 0 radical (unpaired) electrons. The number of para-hydroxylation sites is 1. The van der Waals surface area contributed by atoms with Gasteiger partial charge >= 0.3 is 0 Å². The summed E-state index contributed by atoms with van der Waals surface area (Å²) < 4.78 is 5.76. The van der Waals surface area contributed by atoms with Crippen molar-refractivity contribution in [1.29, 1.82) is 0 Å². The maximum absolute atomic E-state index is 14.9. The van der Waals surface area contributed by atoms with Gasteiger partial charge in [-0.25, -0.2) is 0 Å². The number of fused-ring (bicyclic) bond motifs is 6. The molecule has 0 aliphatic carbocycles. The Hall–Kier alpha value is -4.68. The Morgan fingerprint density at radius 2 is 1.56 bits per heavy atom. The molecule has 3 aliphatic rings. The summed E-state index contributed by atoms with van der Waals surface area (Å²) in [6.07, 6.45) is 4.68. The van der Waals surface area contributed by atoms with E-state index in [9.17, 15) is 14.4 Å². The molecule has 43 heavy (non-hydrogen) atoms. The highest BCUT2D eigenvalue weighted by molar-refractivity contribution is 6.30. The molecule has 4 atom stereocenters. The maximum atomic E-state index is 14.9. The lowest BCUT2D eigenvalue weighted by Crippen LogP contribution is -2.49. The lowest BCUT2D eigenvalue weighted by Gasteiger charge is -2.38. The summed E-state index contributed by atoms with van der Waals surface area (Å²) in [4.78, 5) is 45.9. The van der Waals surface area contributed by atoms with Gasteiger partial charge in [0.05, 0.1) is 18.6 Å². The molecule has 7 rings (SSSR count). The van der Waals surface area contributed by atoms with Crippen LogP contribution in [0.25, 0.3) is 6.08 Å². The van der Waals surface area contributed by atoms with Crippen LogP contribution in [0.15, 0.2) is 103 Å². The van der Waals surface area contributed by atoms with Crippen molar-refractivity contribution in [2.75, 3.05) is 11.9 Å². The number of benzene rings is 4. The van der Waals surface area contributed by atoms with Gasteiger partial charge in [0.25, 0.3) is 0 Å². The van der Waals surface area contributed by atoms with Gasteiger partial charge in [-0.2, -0.15) is 0 Å². The number of halogens is 1. The summed E-state index contributed by atoms with van der Waals surface area (Å²) in [5, 5.41) is 3.58. The number of rotatable bonds is 7. The summed E-state index contributed by atoms with van der Waals surface area (Å²) in [6, 6.07) is 27.5. The SMILES string of the molecule is CCCOc1ccc(C(=O)[C@@H]2[C@H](C(=O)c3ccc(Cl)cc3)N3C=Cc4ccccc4[C@H]3[C@@]23C(=O)Nc2ccccc23)cc1. The van der Waals surface area contributed by atoms with Crippen molar-refractivity contribution in [2.24, 2.45) is 5.92 Å². The number of Topliss-reactive ketones (excluding diaryl/α,β-unsaturated/α-hetero) is 2. The number of carbonyl (C=O) groups is 3. The van der Waals surface area contributed by atoms with Crippen LogP contribution in [0, 0.1) is 5.92 Å². The molecule has 3 aliphatic heterocycles. The van der Waals surface area contributed by atoms with Gasteiger partial charge in [-0.3, -0.25) is 14.4 Å². The minimum Gasteiger partial charge on any atom is -0.494 e. The standard InChI is InChI=1S/C36H29ClN2O4/c1-2-21-43-26-17-13-23(14-18-26)32(40)30-31(33(41)24-11-15-25(37)16-12-24)39-20-19-22-7-3-4-8-27(22)34(39)36(30)28-9-5-6-10-29(28)38-35(36)42/h3-20,30-31,34H,2,21H2,1H3,(H,38,42)/t30-,31+,34-,36-/m0/s1. The molecule has 7 heteroatoms. The first-order chi connectivity index (χ1) is 20.9. The summed E-state index contributed by atoms with van der Waals surface area (Å²) in [7, 11) is 0. The molecule has 1 fully saturated rings. The van der Waals surface area contributed by atoms with Crippen LogP contribution in [-0.2, 0) is 10.2 Å². The molecular formula is C36H29ClN2O4. The lowest BCUT2D eigenvalue weighted by molar-refractivity contribution is -0.122. The van der Waals surface area contributed by atoms with E-state index in [-0.39, 0.29) is 17.5 Å². The van der Waals surface area contributed by atoms with Crippen LogP contribution < -0.4 is 10.1 Å². The van der Waals surface area contributed by atoms with Crippen LogP contribution >= 0.6 is 11.6 Å². The third-order valence-corrected chi connectivity index (χ3v) is 9.11. The van der Waals surface area contributed by atoms with Crippen molar-refractivity contribution in [3.05, 3.63) is 136 Å². The van der Waals surface area contributed by atoms with Crippen molar-refractivity contribution in [2.45, 2.75) is 30.8 Å². The number of ether oxygens (including phenoxy) is 1. The van der Waals surface area contributed by atoms with Crippen LogP contribution in [0.3, 0.4) is 0 Å². The fraction of sp³-hybridized carbons (Fsp3) is 0.194. The van der Waals surface area contributed by atoms with Crippen molar-refractivity contribution in [3.8, 4) is 5.75 Å².